The van der Waals surface area contributed by atoms with Gasteiger partial charge in [-0.3, -0.25) is 4.98 Å². The SMILES string of the molecule is Cc1ccc([C@@H]2[C@H](c3ccccn3)NC(=S)N2C[C@@H]2CCCO2)o1. The van der Waals surface area contributed by atoms with E-state index in [1.54, 1.807) is 0 Å². The van der Waals surface area contributed by atoms with E-state index in [9.17, 15) is 0 Å². The van der Waals surface area contributed by atoms with Gasteiger partial charge in [0.15, 0.2) is 5.11 Å². The summed E-state index contributed by atoms with van der Waals surface area (Å²) in [5, 5.41) is 4.17. The summed E-state index contributed by atoms with van der Waals surface area (Å²) in [5.41, 5.74) is 0.966. The fourth-order valence-electron chi connectivity index (χ4n) is 3.53. The molecule has 2 aliphatic rings. The molecule has 5 nitrogen and oxygen atoms in total. The van der Waals surface area contributed by atoms with Crippen molar-refractivity contribution in [2.24, 2.45) is 0 Å². The van der Waals surface area contributed by atoms with Crippen LogP contribution in [-0.2, 0) is 4.74 Å². The predicted octanol–water partition coefficient (Wildman–Crippen LogP) is 3.13. The largest absolute Gasteiger partial charge is 0.464 e. The Balaban J connectivity index is 1.67. The summed E-state index contributed by atoms with van der Waals surface area (Å²) in [4.78, 5) is 6.72. The third-order valence-corrected chi connectivity index (χ3v) is 5.03. The second kappa shape index (κ2) is 6.53. The highest BCUT2D eigenvalue weighted by molar-refractivity contribution is 7.80. The molecule has 2 fully saturated rings. The van der Waals surface area contributed by atoms with Gasteiger partial charge in [0.25, 0.3) is 0 Å². The highest BCUT2D eigenvalue weighted by atomic mass is 32.1. The number of nitrogens with one attached hydrogen (secondary N) is 1. The molecule has 0 unspecified atom stereocenters. The minimum Gasteiger partial charge on any atom is -0.464 e. The number of furan rings is 1. The van der Waals surface area contributed by atoms with Gasteiger partial charge < -0.3 is 19.4 Å². The van der Waals surface area contributed by atoms with Crippen molar-refractivity contribution in [2.75, 3.05) is 13.2 Å². The minimum absolute atomic E-state index is 0.00898. The topological polar surface area (TPSA) is 50.5 Å². The van der Waals surface area contributed by atoms with Crippen LogP contribution in [0.2, 0.25) is 0 Å². The van der Waals surface area contributed by atoms with Crippen molar-refractivity contribution in [3.8, 4) is 0 Å². The summed E-state index contributed by atoms with van der Waals surface area (Å²) in [5.74, 6) is 1.81. The first-order valence-electron chi connectivity index (χ1n) is 8.38. The zero-order valence-corrected chi connectivity index (χ0v) is 14.5. The van der Waals surface area contributed by atoms with E-state index in [0.29, 0.717) is 0 Å². The van der Waals surface area contributed by atoms with Crippen LogP contribution < -0.4 is 5.32 Å². The molecule has 24 heavy (non-hydrogen) atoms. The molecule has 0 saturated carbocycles. The van der Waals surface area contributed by atoms with Gasteiger partial charge in [0, 0.05) is 19.3 Å². The number of ether oxygens (including phenoxy) is 1. The molecular weight excluding hydrogens is 322 g/mol. The van der Waals surface area contributed by atoms with Crippen LogP contribution in [0.4, 0.5) is 0 Å². The molecule has 2 aromatic rings. The number of nitrogens with zero attached hydrogens (tertiary/aromatic N) is 2. The number of aromatic nitrogens is 1. The molecule has 6 heteroatoms. The monoisotopic (exact) mass is 343 g/mol. The zero-order chi connectivity index (χ0) is 16.5. The van der Waals surface area contributed by atoms with Gasteiger partial charge in [0.05, 0.1) is 17.8 Å². The lowest BCUT2D eigenvalue weighted by atomic mass is 10.0. The summed E-state index contributed by atoms with van der Waals surface area (Å²) in [6, 6.07) is 9.95. The molecule has 0 spiro atoms. The van der Waals surface area contributed by atoms with Gasteiger partial charge in [0.1, 0.15) is 17.6 Å². The second-order valence-electron chi connectivity index (χ2n) is 6.36. The van der Waals surface area contributed by atoms with E-state index in [1.165, 1.54) is 0 Å². The number of hydrogen-bond acceptors (Lipinski definition) is 4. The highest BCUT2D eigenvalue weighted by Crippen LogP contribution is 2.39. The standard InChI is InChI=1S/C18H21N3O2S/c1-12-7-8-15(23-12)17-16(14-6-2-3-9-19-14)20-18(24)21(17)11-13-5-4-10-22-13/h2-3,6-9,13,16-17H,4-5,10-11H2,1H3,(H,20,24)/t13-,16-,17+/m0/s1. The van der Waals surface area contributed by atoms with Crippen LogP contribution >= 0.6 is 12.2 Å². The average Bonchev–Trinajstić information content (AvgIpc) is 3.31. The third-order valence-electron chi connectivity index (χ3n) is 4.67. The van der Waals surface area contributed by atoms with Gasteiger partial charge in [-0.2, -0.15) is 0 Å². The van der Waals surface area contributed by atoms with E-state index in [1.807, 2.05) is 43.5 Å². The van der Waals surface area contributed by atoms with Gasteiger partial charge in [-0.1, -0.05) is 6.07 Å². The van der Waals surface area contributed by atoms with E-state index >= 15 is 0 Å². The van der Waals surface area contributed by atoms with Crippen LogP contribution in [0.15, 0.2) is 40.9 Å². The average molecular weight is 343 g/mol. The van der Waals surface area contributed by atoms with E-state index in [4.69, 9.17) is 21.4 Å². The van der Waals surface area contributed by atoms with Crippen molar-refractivity contribution < 1.29 is 9.15 Å². The van der Waals surface area contributed by atoms with Crippen molar-refractivity contribution in [1.82, 2.24) is 15.2 Å². The van der Waals surface area contributed by atoms with Gasteiger partial charge in [-0.15, -0.1) is 0 Å². The van der Waals surface area contributed by atoms with Crippen molar-refractivity contribution in [2.45, 2.75) is 38.0 Å². The Morgan fingerprint density at radius 2 is 2.25 bits per heavy atom. The lowest BCUT2D eigenvalue weighted by Gasteiger charge is -2.28. The molecule has 0 radical (unpaired) electrons. The molecule has 0 amide bonds. The Morgan fingerprint density at radius 3 is 2.92 bits per heavy atom. The smallest absolute Gasteiger partial charge is 0.170 e. The number of pyridine rings is 1. The van der Waals surface area contributed by atoms with E-state index in [-0.39, 0.29) is 18.2 Å². The summed E-state index contributed by atoms with van der Waals surface area (Å²) >= 11 is 5.63. The number of rotatable bonds is 4. The molecule has 3 atom stereocenters. The molecule has 4 rings (SSSR count). The molecule has 0 bridgehead atoms. The van der Waals surface area contributed by atoms with Crippen LogP contribution in [0.5, 0.6) is 0 Å². The molecule has 0 aromatic carbocycles. The Labute approximate surface area is 147 Å². The summed E-state index contributed by atoms with van der Waals surface area (Å²) < 4.78 is 11.8. The maximum absolute atomic E-state index is 5.95. The van der Waals surface area contributed by atoms with E-state index < -0.39 is 0 Å². The van der Waals surface area contributed by atoms with Crippen molar-refractivity contribution in [3.05, 3.63) is 53.7 Å². The normalized spacial score (nSPS) is 26.8. The first-order chi connectivity index (χ1) is 11.7. The van der Waals surface area contributed by atoms with Crippen LogP contribution in [-0.4, -0.2) is 34.3 Å². The fraction of sp³-hybridized carbons (Fsp3) is 0.444. The molecule has 126 valence electrons. The maximum Gasteiger partial charge on any atom is 0.170 e. The lowest BCUT2D eigenvalue weighted by Crippen LogP contribution is -2.36. The number of hydrogen-bond donors (Lipinski definition) is 1. The van der Waals surface area contributed by atoms with Crippen molar-refractivity contribution in [3.63, 3.8) is 0 Å². The van der Waals surface area contributed by atoms with Gasteiger partial charge in [0.2, 0.25) is 0 Å². The van der Waals surface area contributed by atoms with Crippen molar-refractivity contribution >= 4 is 17.3 Å². The zero-order valence-electron chi connectivity index (χ0n) is 13.6. The fourth-order valence-corrected chi connectivity index (χ4v) is 3.85. The van der Waals surface area contributed by atoms with Crippen LogP contribution in [0, 0.1) is 6.92 Å². The van der Waals surface area contributed by atoms with Gasteiger partial charge in [-0.25, -0.2) is 0 Å². The van der Waals surface area contributed by atoms with Crippen LogP contribution in [0.25, 0.3) is 0 Å². The highest BCUT2D eigenvalue weighted by Gasteiger charge is 2.42. The van der Waals surface area contributed by atoms with E-state index in [2.05, 4.69) is 15.2 Å². The summed E-state index contributed by atoms with van der Waals surface area (Å²) in [6.45, 7) is 3.58. The molecule has 4 heterocycles. The van der Waals surface area contributed by atoms with Gasteiger partial charge in [-0.05, 0) is 56.2 Å². The molecular formula is C18H21N3O2S. The minimum atomic E-state index is -0.0225. The molecule has 2 aromatic heterocycles. The number of aryl methyl sites for hydroxylation is 1. The predicted molar refractivity (Wildman–Crippen MR) is 94.6 cm³/mol. The Hall–Kier alpha value is -1.92. The third kappa shape index (κ3) is 2.91. The number of thiocarbonyl (C=S) groups is 1. The van der Waals surface area contributed by atoms with Gasteiger partial charge >= 0.3 is 0 Å². The Bertz CT molecular complexity index is 712. The maximum atomic E-state index is 5.95. The first kappa shape index (κ1) is 15.6. The Kier molecular flexibility index (Phi) is 4.24. The Morgan fingerprint density at radius 1 is 1.33 bits per heavy atom. The summed E-state index contributed by atoms with van der Waals surface area (Å²) in [6.07, 6.45) is 4.24. The van der Waals surface area contributed by atoms with Crippen LogP contribution in [0.3, 0.4) is 0 Å². The molecule has 2 aliphatic heterocycles. The van der Waals surface area contributed by atoms with E-state index in [0.717, 1.165) is 48.3 Å². The quantitative estimate of drug-likeness (QED) is 0.861. The summed E-state index contributed by atoms with van der Waals surface area (Å²) in [7, 11) is 0. The first-order valence-corrected chi connectivity index (χ1v) is 8.79. The van der Waals surface area contributed by atoms with Crippen molar-refractivity contribution in [1.29, 1.82) is 0 Å². The molecule has 0 aliphatic carbocycles. The lowest BCUT2D eigenvalue weighted by molar-refractivity contribution is 0.0816. The molecule has 1 N–H and O–H groups in total. The van der Waals surface area contributed by atoms with Crippen LogP contribution in [0.1, 0.15) is 42.1 Å². The second-order valence-corrected chi connectivity index (χ2v) is 6.75. The molecule has 2 saturated heterocycles.